The van der Waals surface area contributed by atoms with E-state index in [9.17, 15) is 0 Å². The molecule has 0 aliphatic rings. The molecule has 0 unspecified atom stereocenters. The van der Waals surface area contributed by atoms with Crippen molar-refractivity contribution in [2.45, 2.75) is 5.33 Å². The van der Waals surface area contributed by atoms with E-state index in [0.717, 1.165) is 5.33 Å². The highest BCUT2D eigenvalue weighted by Crippen LogP contribution is 2.32. The molecule has 0 aromatic heterocycles. The Morgan fingerprint density at radius 2 is 0.788 bits per heavy atom. The van der Waals surface area contributed by atoms with Gasteiger partial charge in [-0.05, 0) is 40.5 Å². The second kappa shape index (κ2) is 12.3. The van der Waals surface area contributed by atoms with E-state index in [1.165, 1.54) is 32.6 Å². The Morgan fingerprint density at radius 1 is 0.424 bits per heavy atom. The van der Waals surface area contributed by atoms with Crippen LogP contribution >= 0.6 is 23.9 Å². The minimum Gasteiger partial charge on any atom is -0.0876 e. The summed E-state index contributed by atoms with van der Waals surface area (Å²) in [5.41, 5.74) is 3.92. The van der Waals surface area contributed by atoms with Crippen molar-refractivity contribution in [2.75, 3.05) is 0 Å². The smallest absolute Gasteiger partial charge is 0.0289 e. The first-order valence-corrected chi connectivity index (χ1v) is 13.5. The van der Waals surface area contributed by atoms with E-state index in [1.807, 2.05) is 6.07 Å². The maximum absolute atomic E-state index is 3.51. The summed E-state index contributed by atoms with van der Waals surface area (Å²) in [6.45, 7) is 0. The number of alkyl halides is 1. The monoisotopic (exact) mass is 508 g/mol. The lowest BCUT2D eigenvalue weighted by molar-refractivity contribution is 1.43. The molecule has 0 aliphatic carbocycles. The number of rotatable bonds is 5. The molecule has 0 radical (unpaired) electrons. The minimum absolute atomic E-state index is 0.446. The molecule has 0 amide bonds. The Bertz CT molecular complexity index is 1130. The summed E-state index contributed by atoms with van der Waals surface area (Å²) >= 11 is 3.51. The molecule has 162 valence electrons. The highest BCUT2D eigenvalue weighted by Gasteiger charge is 2.15. The van der Waals surface area contributed by atoms with Crippen molar-refractivity contribution < 1.29 is 0 Å². The van der Waals surface area contributed by atoms with Gasteiger partial charge in [0, 0.05) is 5.33 Å². The van der Waals surface area contributed by atoms with Crippen molar-refractivity contribution in [3.63, 3.8) is 0 Å². The van der Waals surface area contributed by atoms with Gasteiger partial charge in [-0.15, -0.1) is 0 Å². The molecule has 0 N–H and O–H groups in total. The largest absolute Gasteiger partial charge is 0.0876 e. The summed E-state index contributed by atoms with van der Waals surface area (Å²) in [7, 11) is -0.446. The minimum atomic E-state index is -0.446. The summed E-state index contributed by atoms with van der Waals surface area (Å²) in [4.78, 5) is 0. The number of hydrogen-bond donors (Lipinski definition) is 0. The predicted octanol–water partition coefficient (Wildman–Crippen LogP) is 7.69. The molecule has 33 heavy (non-hydrogen) atoms. The first-order chi connectivity index (χ1) is 16.4. The molecule has 0 fully saturated rings. The van der Waals surface area contributed by atoms with E-state index in [1.54, 1.807) is 0 Å². The fourth-order valence-corrected chi connectivity index (χ4v) is 6.51. The Labute approximate surface area is 206 Å². The molecule has 0 nitrogen and oxygen atoms in total. The lowest BCUT2D eigenvalue weighted by Crippen LogP contribution is -2.20. The molecule has 0 spiro atoms. The van der Waals surface area contributed by atoms with Gasteiger partial charge in [0.2, 0.25) is 0 Å². The molecular formula is C31H26BrP. The molecular weight excluding hydrogens is 483 g/mol. The highest BCUT2D eigenvalue weighted by molar-refractivity contribution is 9.08. The van der Waals surface area contributed by atoms with Gasteiger partial charge in [-0.1, -0.05) is 162 Å². The number of benzene rings is 5. The Morgan fingerprint density at radius 3 is 1.21 bits per heavy atom. The van der Waals surface area contributed by atoms with E-state index in [2.05, 4.69) is 155 Å². The standard InChI is InChI=1S/C18H15P.C13H11Br/c1-4-10-16(11-5-1)19(17-12-6-2-7-13-17)18-14-8-3-9-15-18;14-10-12-8-4-5-9-13(12)11-6-2-1-3-7-11/h1-15H;1-9H,10H2. The summed E-state index contributed by atoms with van der Waals surface area (Å²) in [6.07, 6.45) is 0. The molecule has 0 aliphatic heterocycles. The fourth-order valence-electron chi connectivity index (χ4n) is 3.71. The SMILES string of the molecule is BrCc1ccccc1-c1ccccc1.c1ccc(P(c2ccccc2)c2ccccc2)cc1. The van der Waals surface area contributed by atoms with Crippen LogP contribution in [-0.4, -0.2) is 0 Å². The molecule has 5 aromatic carbocycles. The van der Waals surface area contributed by atoms with Crippen molar-refractivity contribution in [2.24, 2.45) is 0 Å². The van der Waals surface area contributed by atoms with Gasteiger partial charge < -0.3 is 0 Å². The summed E-state index contributed by atoms with van der Waals surface area (Å²) in [5.74, 6) is 0. The third-order valence-electron chi connectivity index (χ3n) is 5.29. The topological polar surface area (TPSA) is 0 Å². The van der Waals surface area contributed by atoms with E-state index in [0.29, 0.717) is 0 Å². The van der Waals surface area contributed by atoms with Crippen molar-refractivity contribution in [1.82, 2.24) is 0 Å². The fraction of sp³-hybridized carbons (Fsp3) is 0.0323. The van der Waals surface area contributed by atoms with Crippen molar-refractivity contribution in [3.05, 3.63) is 151 Å². The zero-order chi connectivity index (χ0) is 22.7. The maximum Gasteiger partial charge on any atom is 0.0289 e. The van der Waals surface area contributed by atoms with Gasteiger partial charge in [0.05, 0.1) is 0 Å². The second-order valence-corrected chi connectivity index (χ2v) is 10.3. The molecule has 0 atom stereocenters. The Hall–Kier alpha value is -2.99. The van der Waals surface area contributed by atoms with E-state index >= 15 is 0 Å². The van der Waals surface area contributed by atoms with Crippen molar-refractivity contribution in [3.8, 4) is 11.1 Å². The van der Waals surface area contributed by atoms with E-state index in [-0.39, 0.29) is 0 Å². The summed E-state index contributed by atoms with van der Waals surface area (Å²) in [5, 5.41) is 5.10. The Balaban J connectivity index is 0.000000165. The van der Waals surface area contributed by atoms with E-state index < -0.39 is 7.92 Å². The van der Waals surface area contributed by atoms with Crippen molar-refractivity contribution >= 4 is 39.8 Å². The average Bonchev–Trinajstić information content (AvgIpc) is 2.92. The van der Waals surface area contributed by atoms with Gasteiger partial charge in [-0.2, -0.15) is 0 Å². The van der Waals surface area contributed by atoms with Crippen LogP contribution in [0.1, 0.15) is 5.56 Å². The lowest BCUT2D eigenvalue weighted by Gasteiger charge is -2.18. The second-order valence-electron chi connectivity index (χ2n) is 7.50. The molecule has 5 aromatic rings. The quantitative estimate of drug-likeness (QED) is 0.168. The van der Waals surface area contributed by atoms with Gasteiger partial charge >= 0.3 is 0 Å². The van der Waals surface area contributed by atoms with Crippen LogP contribution in [0.3, 0.4) is 0 Å². The van der Waals surface area contributed by atoms with Crippen LogP contribution in [0.5, 0.6) is 0 Å². The number of halogens is 1. The van der Waals surface area contributed by atoms with Crippen molar-refractivity contribution in [1.29, 1.82) is 0 Å². The van der Waals surface area contributed by atoms with Crippen LogP contribution in [0.4, 0.5) is 0 Å². The molecule has 0 bridgehead atoms. The van der Waals surface area contributed by atoms with Gasteiger partial charge in [-0.25, -0.2) is 0 Å². The van der Waals surface area contributed by atoms with Crippen LogP contribution < -0.4 is 15.9 Å². The highest BCUT2D eigenvalue weighted by atomic mass is 79.9. The molecule has 0 saturated carbocycles. The van der Waals surface area contributed by atoms with Crippen LogP contribution in [-0.2, 0) is 5.33 Å². The van der Waals surface area contributed by atoms with Gasteiger partial charge in [0.1, 0.15) is 0 Å². The first-order valence-electron chi connectivity index (χ1n) is 11.0. The third kappa shape index (κ3) is 6.29. The lowest BCUT2D eigenvalue weighted by atomic mass is 10.0. The van der Waals surface area contributed by atoms with Crippen LogP contribution in [0.25, 0.3) is 11.1 Å². The van der Waals surface area contributed by atoms with Crippen LogP contribution in [0.2, 0.25) is 0 Å². The summed E-state index contributed by atoms with van der Waals surface area (Å²) < 4.78 is 0. The Kier molecular flexibility index (Phi) is 8.64. The van der Waals surface area contributed by atoms with Gasteiger partial charge in [0.15, 0.2) is 0 Å². The third-order valence-corrected chi connectivity index (χ3v) is 8.34. The zero-order valence-electron chi connectivity index (χ0n) is 18.4. The van der Waals surface area contributed by atoms with Gasteiger partial charge in [-0.3, -0.25) is 0 Å². The maximum atomic E-state index is 3.51. The van der Waals surface area contributed by atoms with Crippen LogP contribution in [0.15, 0.2) is 146 Å². The van der Waals surface area contributed by atoms with Gasteiger partial charge in [0.25, 0.3) is 0 Å². The first kappa shape index (κ1) is 23.2. The molecule has 5 rings (SSSR count). The average molecular weight is 509 g/mol. The van der Waals surface area contributed by atoms with Crippen LogP contribution in [0, 0.1) is 0 Å². The predicted molar refractivity (Wildman–Crippen MR) is 150 cm³/mol. The number of hydrogen-bond acceptors (Lipinski definition) is 0. The summed E-state index contributed by atoms with van der Waals surface area (Å²) in [6, 6.07) is 51.2. The van der Waals surface area contributed by atoms with E-state index in [4.69, 9.17) is 0 Å². The molecule has 2 heteroatoms. The normalized spacial score (nSPS) is 10.4. The molecule has 0 saturated heterocycles. The zero-order valence-corrected chi connectivity index (χ0v) is 20.9. The molecule has 0 heterocycles.